The van der Waals surface area contributed by atoms with Gasteiger partial charge in [0.2, 0.25) is 5.91 Å². The number of thioether (sulfide) groups is 1. The maximum atomic E-state index is 11.5. The molecule has 5 heteroatoms. The fourth-order valence-electron chi connectivity index (χ4n) is 1.31. The first-order valence-electron chi connectivity index (χ1n) is 4.40. The fraction of sp³-hybridized carbons (Fsp3) is 0.556. The Morgan fingerprint density at radius 2 is 2.29 bits per heavy atom. The van der Waals surface area contributed by atoms with E-state index in [1.165, 1.54) is 11.0 Å². The Kier molecular flexibility index (Phi) is 4.00. The first kappa shape index (κ1) is 11.1. The maximum absolute atomic E-state index is 11.5. The number of nitrogens with zero attached hydrogens (tertiary/aromatic N) is 1. The molecular formula is C9H13NO3S. The quantitative estimate of drug-likeness (QED) is 0.685. The summed E-state index contributed by atoms with van der Waals surface area (Å²) in [7, 11) is 0. The number of hydrogen-bond donors (Lipinski definition) is 1. The van der Waals surface area contributed by atoms with Crippen LogP contribution in [-0.2, 0) is 9.59 Å². The molecule has 4 nitrogen and oxygen atoms in total. The van der Waals surface area contributed by atoms with Gasteiger partial charge in [0.05, 0.1) is 0 Å². The number of aliphatic carboxylic acids is 1. The fourth-order valence-corrected chi connectivity index (χ4v) is 2.35. The molecule has 0 aromatic carbocycles. The van der Waals surface area contributed by atoms with Gasteiger partial charge in [-0.2, -0.15) is 11.8 Å². The van der Waals surface area contributed by atoms with Crippen molar-refractivity contribution in [1.29, 1.82) is 0 Å². The van der Waals surface area contributed by atoms with Crippen molar-refractivity contribution >= 4 is 23.6 Å². The van der Waals surface area contributed by atoms with Crippen LogP contribution in [0.2, 0.25) is 0 Å². The highest BCUT2D eigenvalue weighted by Gasteiger charge is 2.30. The van der Waals surface area contributed by atoms with E-state index in [1.54, 1.807) is 24.8 Å². The van der Waals surface area contributed by atoms with Crippen LogP contribution in [0.4, 0.5) is 0 Å². The lowest BCUT2D eigenvalue weighted by Gasteiger charge is -2.31. The lowest BCUT2D eigenvalue weighted by Crippen LogP contribution is -2.49. The monoisotopic (exact) mass is 215 g/mol. The van der Waals surface area contributed by atoms with Gasteiger partial charge >= 0.3 is 5.97 Å². The first-order valence-corrected chi connectivity index (χ1v) is 5.56. The van der Waals surface area contributed by atoms with E-state index in [2.05, 4.69) is 0 Å². The molecule has 0 radical (unpaired) electrons. The molecule has 1 saturated heterocycles. The second-order valence-corrected chi connectivity index (χ2v) is 4.11. The minimum absolute atomic E-state index is 0.208. The summed E-state index contributed by atoms with van der Waals surface area (Å²) >= 11 is 1.57. The normalized spacial score (nSPS) is 22.6. The number of allylic oxidation sites excluding steroid dienone is 1. The Morgan fingerprint density at radius 1 is 1.57 bits per heavy atom. The smallest absolute Gasteiger partial charge is 0.327 e. The highest BCUT2D eigenvalue weighted by molar-refractivity contribution is 7.99. The predicted molar refractivity (Wildman–Crippen MR) is 55.3 cm³/mol. The van der Waals surface area contributed by atoms with Gasteiger partial charge in [-0.3, -0.25) is 4.79 Å². The SMILES string of the molecule is C/C=C/C(=O)N1CCSCC1C(=O)O. The first-order chi connectivity index (χ1) is 6.66. The molecule has 78 valence electrons. The molecule has 1 aliphatic heterocycles. The van der Waals surface area contributed by atoms with Crippen molar-refractivity contribution in [2.24, 2.45) is 0 Å². The number of hydrogen-bond acceptors (Lipinski definition) is 3. The third-order valence-corrected chi connectivity index (χ3v) is 3.03. The standard InChI is InChI=1S/C9H13NO3S/c1-2-3-8(11)10-4-5-14-6-7(10)9(12)13/h2-3,7H,4-6H2,1H3,(H,12,13)/b3-2+. The molecule has 0 spiro atoms. The average Bonchev–Trinajstić information content (AvgIpc) is 2.18. The summed E-state index contributed by atoms with van der Waals surface area (Å²) in [5.74, 6) is 0.168. The molecule has 1 heterocycles. The lowest BCUT2D eigenvalue weighted by atomic mass is 10.2. The van der Waals surface area contributed by atoms with Gasteiger partial charge in [0.1, 0.15) is 6.04 Å². The van der Waals surface area contributed by atoms with Crippen molar-refractivity contribution in [2.45, 2.75) is 13.0 Å². The number of carbonyl (C=O) groups is 2. The van der Waals surface area contributed by atoms with Crippen LogP contribution in [0.3, 0.4) is 0 Å². The van der Waals surface area contributed by atoms with Gasteiger partial charge in [-0.25, -0.2) is 4.79 Å². The van der Waals surface area contributed by atoms with Gasteiger partial charge < -0.3 is 10.0 Å². The number of rotatable bonds is 2. The largest absolute Gasteiger partial charge is 0.480 e. The molecule has 0 aromatic heterocycles. The van der Waals surface area contributed by atoms with Crippen molar-refractivity contribution in [3.05, 3.63) is 12.2 Å². The molecule has 0 aliphatic carbocycles. The van der Waals surface area contributed by atoms with Crippen molar-refractivity contribution in [3.8, 4) is 0 Å². The van der Waals surface area contributed by atoms with E-state index < -0.39 is 12.0 Å². The summed E-state index contributed by atoms with van der Waals surface area (Å²) in [4.78, 5) is 23.7. The van der Waals surface area contributed by atoms with E-state index in [9.17, 15) is 9.59 Å². The van der Waals surface area contributed by atoms with E-state index in [0.717, 1.165) is 5.75 Å². The summed E-state index contributed by atoms with van der Waals surface area (Å²) < 4.78 is 0. The zero-order valence-corrected chi connectivity index (χ0v) is 8.79. The summed E-state index contributed by atoms with van der Waals surface area (Å²) in [6, 6.07) is -0.669. The van der Waals surface area contributed by atoms with Gasteiger partial charge in [-0.05, 0) is 13.0 Å². The molecule has 1 rings (SSSR count). The molecule has 1 fully saturated rings. The molecule has 1 unspecified atom stereocenters. The van der Waals surface area contributed by atoms with Crippen molar-refractivity contribution in [1.82, 2.24) is 4.90 Å². The Bertz CT molecular complexity index is 265. The van der Waals surface area contributed by atoms with Crippen LogP contribution >= 0.6 is 11.8 Å². The average molecular weight is 215 g/mol. The van der Waals surface area contributed by atoms with E-state index in [1.807, 2.05) is 0 Å². The third kappa shape index (κ3) is 2.51. The topological polar surface area (TPSA) is 57.6 Å². The van der Waals surface area contributed by atoms with E-state index in [0.29, 0.717) is 12.3 Å². The number of amides is 1. The Morgan fingerprint density at radius 3 is 2.86 bits per heavy atom. The van der Waals surface area contributed by atoms with E-state index in [-0.39, 0.29) is 5.91 Å². The van der Waals surface area contributed by atoms with Gasteiger partial charge in [0.15, 0.2) is 0 Å². The van der Waals surface area contributed by atoms with E-state index >= 15 is 0 Å². The van der Waals surface area contributed by atoms with Gasteiger partial charge in [0, 0.05) is 18.1 Å². The highest BCUT2D eigenvalue weighted by Crippen LogP contribution is 2.16. The van der Waals surface area contributed by atoms with Crippen LogP contribution < -0.4 is 0 Å². The number of carbonyl (C=O) groups excluding carboxylic acids is 1. The van der Waals surface area contributed by atoms with Crippen molar-refractivity contribution < 1.29 is 14.7 Å². The van der Waals surface area contributed by atoms with Crippen LogP contribution in [0.25, 0.3) is 0 Å². The minimum Gasteiger partial charge on any atom is -0.480 e. The summed E-state index contributed by atoms with van der Waals surface area (Å²) in [6.07, 6.45) is 3.04. The second kappa shape index (κ2) is 5.05. The molecule has 1 atom stereocenters. The van der Waals surface area contributed by atoms with Crippen LogP contribution in [0.5, 0.6) is 0 Å². The van der Waals surface area contributed by atoms with Crippen molar-refractivity contribution in [3.63, 3.8) is 0 Å². The molecule has 1 amide bonds. The molecule has 1 N–H and O–H groups in total. The minimum atomic E-state index is -0.921. The Labute approximate surface area is 87.0 Å². The van der Waals surface area contributed by atoms with E-state index in [4.69, 9.17) is 5.11 Å². The van der Waals surface area contributed by atoms with Crippen molar-refractivity contribution in [2.75, 3.05) is 18.1 Å². The van der Waals surface area contributed by atoms with Crippen LogP contribution in [0.1, 0.15) is 6.92 Å². The summed E-state index contributed by atoms with van der Waals surface area (Å²) in [6.45, 7) is 2.26. The lowest BCUT2D eigenvalue weighted by molar-refractivity contribution is -0.147. The van der Waals surface area contributed by atoms with Gasteiger partial charge in [0.25, 0.3) is 0 Å². The molecular weight excluding hydrogens is 202 g/mol. The van der Waals surface area contributed by atoms with Gasteiger partial charge in [-0.15, -0.1) is 0 Å². The Balaban J connectivity index is 2.72. The number of carboxylic acids is 1. The molecule has 1 aliphatic rings. The second-order valence-electron chi connectivity index (χ2n) is 2.96. The summed E-state index contributed by atoms with van der Waals surface area (Å²) in [5.41, 5.74) is 0. The van der Waals surface area contributed by atoms with Crippen LogP contribution in [0, 0.1) is 0 Å². The summed E-state index contributed by atoms with van der Waals surface area (Å²) in [5, 5.41) is 8.89. The third-order valence-electron chi connectivity index (χ3n) is 2.01. The zero-order chi connectivity index (χ0) is 10.6. The molecule has 0 aromatic rings. The highest BCUT2D eigenvalue weighted by atomic mass is 32.2. The zero-order valence-electron chi connectivity index (χ0n) is 7.97. The number of carboxylic acid groups (broad SMARTS) is 1. The molecule has 14 heavy (non-hydrogen) atoms. The predicted octanol–water partition coefficient (Wildman–Crippen LogP) is 0.591. The molecule has 0 saturated carbocycles. The van der Waals surface area contributed by atoms with Crippen LogP contribution in [0.15, 0.2) is 12.2 Å². The van der Waals surface area contributed by atoms with Gasteiger partial charge in [-0.1, -0.05) is 6.08 Å². The van der Waals surface area contributed by atoms with Crippen LogP contribution in [-0.4, -0.2) is 46.0 Å². The maximum Gasteiger partial charge on any atom is 0.327 e. The Hall–Kier alpha value is -0.970. The molecule has 0 bridgehead atoms.